The van der Waals surface area contributed by atoms with Crippen LogP contribution in [0.15, 0.2) is 23.2 Å². The minimum absolute atomic E-state index is 0.216. The number of hydrogen-bond acceptors (Lipinski definition) is 2. The van der Waals surface area contributed by atoms with E-state index in [2.05, 4.69) is 15.2 Å². The van der Waals surface area contributed by atoms with Gasteiger partial charge in [0.1, 0.15) is 5.82 Å². The molecule has 2 fully saturated rings. The fourth-order valence-electron chi connectivity index (χ4n) is 3.72. The van der Waals surface area contributed by atoms with Crippen LogP contribution in [0.25, 0.3) is 0 Å². The van der Waals surface area contributed by atoms with Crippen molar-refractivity contribution in [2.45, 2.75) is 38.8 Å². The number of aliphatic imine (C=N–C) groups is 1. The summed E-state index contributed by atoms with van der Waals surface area (Å²) in [6.45, 7) is 3.14. The highest BCUT2D eigenvalue weighted by molar-refractivity contribution is 5.80. The lowest BCUT2D eigenvalue weighted by Gasteiger charge is -2.38. The van der Waals surface area contributed by atoms with E-state index in [1.165, 1.54) is 31.7 Å². The number of halogens is 1. The molecule has 0 atom stereocenters. The SMILES string of the molecule is CN=C(NCc1ccc(F)c(COC)c1)N1CCC2(CCC2)C1. The zero-order chi connectivity index (χ0) is 16.3. The first kappa shape index (κ1) is 16.2. The van der Waals surface area contributed by atoms with Crippen LogP contribution in [0.3, 0.4) is 0 Å². The smallest absolute Gasteiger partial charge is 0.193 e. The monoisotopic (exact) mass is 319 g/mol. The highest BCUT2D eigenvalue weighted by Gasteiger charge is 2.43. The maximum atomic E-state index is 13.7. The Balaban J connectivity index is 1.59. The molecule has 1 spiro atoms. The number of ether oxygens (including phenoxy) is 1. The van der Waals surface area contributed by atoms with Gasteiger partial charge in [0.2, 0.25) is 0 Å². The van der Waals surface area contributed by atoms with Gasteiger partial charge in [-0.2, -0.15) is 0 Å². The number of hydrogen-bond donors (Lipinski definition) is 1. The number of nitrogens with one attached hydrogen (secondary N) is 1. The number of methoxy groups -OCH3 is 1. The Hall–Kier alpha value is -1.62. The summed E-state index contributed by atoms with van der Waals surface area (Å²) in [5, 5.41) is 3.42. The van der Waals surface area contributed by atoms with Crippen molar-refractivity contribution < 1.29 is 9.13 Å². The molecule has 0 radical (unpaired) electrons. The molecule has 5 heteroatoms. The van der Waals surface area contributed by atoms with Crippen LogP contribution in [0.4, 0.5) is 4.39 Å². The minimum Gasteiger partial charge on any atom is -0.380 e. The van der Waals surface area contributed by atoms with E-state index in [0.29, 0.717) is 24.1 Å². The van der Waals surface area contributed by atoms with Crippen LogP contribution in [-0.4, -0.2) is 38.1 Å². The molecule has 1 aliphatic carbocycles. The Morgan fingerprint density at radius 2 is 2.22 bits per heavy atom. The largest absolute Gasteiger partial charge is 0.380 e. The Morgan fingerprint density at radius 1 is 1.39 bits per heavy atom. The van der Waals surface area contributed by atoms with Crippen molar-refractivity contribution in [3.8, 4) is 0 Å². The molecule has 2 aliphatic rings. The third kappa shape index (κ3) is 3.50. The molecule has 1 aromatic rings. The summed E-state index contributed by atoms with van der Waals surface area (Å²) in [7, 11) is 3.41. The van der Waals surface area contributed by atoms with Crippen molar-refractivity contribution in [2.75, 3.05) is 27.2 Å². The maximum Gasteiger partial charge on any atom is 0.193 e. The van der Waals surface area contributed by atoms with Gasteiger partial charge >= 0.3 is 0 Å². The summed E-state index contributed by atoms with van der Waals surface area (Å²) >= 11 is 0. The second-order valence-electron chi connectivity index (χ2n) is 6.78. The molecule has 0 amide bonds. The Labute approximate surface area is 137 Å². The predicted octanol–water partition coefficient (Wildman–Crippen LogP) is 2.92. The molecule has 3 rings (SSSR count). The van der Waals surface area contributed by atoms with E-state index in [1.807, 2.05) is 19.2 Å². The van der Waals surface area contributed by atoms with Gasteiger partial charge < -0.3 is 15.0 Å². The van der Waals surface area contributed by atoms with Gasteiger partial charge in [-0.25, -0.2) is 4.39 Å². The van der Waals surface area contributed by atoms with Crippen molar-refractivity contribution in [3.05, 3.63) is 35.1 Å². The van der Waals surface area contributed by atoms with E-state index in [4.69, 9.17) is 4.74 Å². The van der Waals surface area contributed by atoms with Crippen LogP contribution in [0.1, 0.15) is 36.8 Å². The van der Waals surface area contributed by atoms with Gasteiger partial charge in [0, 0.05) is 39.4 Å². The molecule has 1 aliphatic heterocycles. The molecule has 23 heavy (non-hydrogen) atoms. The van der Waals surface area contributed by atoms with Gasteiger partial charge in [-0.05, 0) is 42.4 Å². The standard InChI is InChI=1S/C18H26FN3O/c1-20-17(22-9-8-18(13-22)6-3-7-18)21-11-14-4-5-16(19)15(10-14)12-23-2/h4-5,10H,3,6-9,11-13H2,1-2H3,(H,20,21). The molecule has 0 bridgehead atoms. The van der Waals surface area contributed by atoms with Gasteiger partial charge in [0.25, 0.3) is 0 Å². The molecule has 1 saturated heterocycles. The summed E-state index contributed by atoms with van der Waals surface area (Å²) in [5.41, 5.74) is 2.19. The Morgan fingerprint density at radius 3 is 2.83 bits per heavy atom. The van der Waals surface area contributed by atoms with E-state index in [9.17, 15) is 4.39 Å². The number of rotatable bonds is 4. The highest BCUT2D eigenvalue weighted by Crippen LogP contribution is 2.47. The van der Waals surface area contributed by atoms with Crippen LogP contribution in [0.2, 0.25) is 0 Å². The van der Waals surface area contributed by atoms with Gasteiger partial charge in [-0.1, -0.05) is 12.5 Å². The van der Waals surface area contributed by atoms with Crippen LogP contribution in [-0.2, 0) is 17.9 Å². The quantitative estimate of drug-likeness (QED) is 0.685. The van der Waals surface area contributed by atoms with Crippen molar-refractivity contribution in [2.24, 2.45) is 10.4 Å². The van der Waals surface area contributed by atoms with E-state index >= 15 is 0 Å². The average molecular weight is 319 g/mol. The number of guanidine groups is 1. The fourth-order valence-corrected chi connectivity index (χ4v) is 3.72. The lowest BCUT2D eigenvalue weighted by molar-refractivity contribution is 0.151. The van der Waals surface area contributed by atoms with Gasteiger partial charge in [-0.15, -0.1) is 0 Å². The molecule has 126 valence electrons. The summed E-state index contributed by atoms with van der Waals surface area (Å²) < 4.78 is 18.7. The fraction of sp³-hybridized carbons (Fsp3) is 0.611. The number of nitrogens with zero attached hydrogens (tertiary/aromatic N) is 2. The molecule has 4 nitrogen and oxygen atoms in total. The van der Waals surface area contributed by atoms with Crippen LogP contribution < -0.4 is 5.32 Å². The topological polar surface area (TPSA) is 36.9 Å². The molecule has 0 unspecified atom stereocenters. The second-order valence-corrected chi connectivity index (χ2v) is 6.78. The molecule has 1 heterocycles. The summed E-state index contributed by atoms with van der Waals surface area (Å²) in [5.74, 6) is 0.734. The van der Waals surface area contributed by atoms with Crippen molar-refractivity contribution >= 4 is 5.96 Å². The third-order valence-electron chi connectivity index (χ3n) is 5.22. The van der Waals surface area contributed by atoms with E-state index in [1.54, 1.807) is 7.11 Å². The zero-order valence-corrected chi connectivity index (χ0v) is 14.1. The van der Waals surface area contributed by atoms with Gasteiger partial charge in [0.15, 0.2) is 5.96 Å². The molecule has 1 N–H and O–H groups in total. The van der Waals surface area contributed by atoms with Crippen LogP contribution in [0.5, 0.6) is 0 Å². The summed E-state index contributed by atoms with van der Waals surface area (Å²) in [4.78, 5) is 6.78. The molecule has 1 aromatic carbocycles. The number of benzene rings is 1. The predicted molar refractivity (Wildman–Crippen MR) is 89.8 cm³/mol. The first-order chi connectivity index (χ1) is 11.2. The maximum absolute atomic E-state index is 13.7. The lowest BCUT2D eigenvalue weighted by Crippen LogP contribution is -2.42. The average Bonchev–Trinajstić information content (AvgIpc) is 2.97. The first-order valence-corrected chi connectivity index (χ1v) is 8.38. The first-order valence-electron chi connectivity index (χ1n) is 8.38. The van der Waals surface area contributed by atoms with Crippen molar-refractivity contribution in [1.82, 2.24) is 10.2 Å². The molecule has 0 aromatic heterocycles. The lowest BCUT2D eigenvalue weighted by atomic mass is 9.68. The van der Waals surface area contributed by atoms with Gasteiger partial charge in [-0.3, -0.25) is 4.99 Å². The second kappa shape index (κ2) is 6.87. The summed E-state index contributed by atoms with van der Waals surface area (Å²) in [6.07, 6.45) is 5.37. The van der Waals surface area contributed by atoms with Gasteiger partial charge in [0.05, 0.1) is 6.61 Å². The molecular formula is C18H26FN3O. The van der Waals surface area contributed by atoms with E-state index < -0.39 is 0 Å². The Bertz CT molecular complexity index is 584. The van der Waals surface area contributed by atoms with E-state index in [-0.39, 0.29) is 5.82 Å². The highest BCUT2D eigenvalue weighted by atomic mass is 19.1. The zero-order valence-electron chi connectivity index (χ0n) is 14.1. The molecular weight excluding hydrogens is 293 g/mol. The Kier molecular flexibility index (Phi) is 4.85. The summed E-state index contributed by atoms with van der Waals surface area (Å²) in [6, 6.07) is 5.18. The third-order valence-corrected chi connectivity index (χ3v) is 5.22. The van der Waals surface area contributed by atoms with Crippen molar-refractivity contribution in [3.63, 3.8) is 0 Å². The minimum atomic E-state index is -0.216. The van der Waals surface area contributed by atoms with E-state index in [0.717, 1.165) is 24.6 Å². The van der Waals surface area contributed by atoms with Crippen LogP contribution >= 0.6 is 0 Å². The van der Waals surface area contributed by atoms with Crippen LogP contribution in [0, 0.1) is 11.2 Å². The number of likely N-dealkylation sites (tertiary alicyclic amines) is 1. The van der Waals surface area contributed by atoms with Crippen molar-refractivity contribution in [1.29, 1.82) is 0 Å². The normalized spacial score (nSPS) is 20.0. The molecule has 1 saturated carbocycles.